The number of hydrogen-bond acceptors (Lipinski definition) is 3. The Hall–Kier alpha value is -1.38. The quantitative estimate of drug-likeness (QED) is 0.558. The van der Waals surface area contributed by atoms with Gasteiger partial charge in [0.25, 0.3) is 0 Å². The predicted molar refractivity (Wildman–Crippen MR) is 89.4 cm³/mol. The zero-order chi connectivity index (χ0) is 17.1. The second kappa shape index (κ2) is 7.26. The zero-order valence-corrected chi connectivity index (χ0v) is 14.9. The van der Waals surface area contributed by atoms with Crippen molar-refractivity contribution in [1.82, 2.24) is 0 Å². The summed E-state index contributed by atoms with van der Waals surface area (Å²) in [4.78, 5) is 23.4. The van der Waals surface area contributed by atoms with Crippen molar-refractivity contribution in [2.24, 2.45) is 17.3 Å². The number of ether oxygens (including phenoxy) is 1. The number of fused-ring (bicyclic) bond motifs is 1. The van der Waals surface area contributed by atoms with Crippen LogP contribution in [-0.4, -0.2) is 17.9 Å². The van der Waals surface area contributed by atoms with Gasteiger partial charge in [-0.3, -0.25) is 9.59 Å². The van der Waals surface area contributed by atoms with Gasteiger partial charge >= 0.3 is 5.97 Å². The van der Waals surface area contributed by atoms with Gasteiger partial charge in [0, 0.05) is 18.8 Å². The van der Waals surface area contributed by atoms with Crippen LogP contribution in [0.5, 0.6) is 0 Å². The van der Waals surface area contributed by atoms with Crippen LogP contribution in [0.4, 0.5) is 0 Å². The fourth-order valence-corrected chi connectivity index (χ4v) is 3.68. The fraction of sp³-hybridized carbons (Fsp3) is 0.684. The highest BCUT2D eigenvalue weighted by Crippen LogP contribution is 2.52. The molecule has 1 saturated carbocycles. The van der Waals surface area contributed by atoms with E-state index in [0.717, 1.165) is 24.8 Å². The van der Waals surface area contributed by atoms with E-state index in [4.69, 9.17) is 4.74 Å². The Balaban J connectivity index is 0.00000116. The minimum Gasteiger partial charge on any atom is -0.462 e. The molecule has 0 saturated heterocycles. The number of allylic oxidation sites excluding steroid dienone is 3. The molecule has 0 radical (unpaired) electrons. The molecule has 0 amide bonds. The maximum absolute atomic E-state index is 12.2. The van der Waals surface area contributed by atoms with E-state index >= 15 is 0 Å². The predicted octanol–water partition coefficient (Wildman–Crippen LogP) is 4.47. The second-order valence-electron chi connectivity index (χ2n) is 6.57. The summed E-state index contributed by atoms with van der Waals surface area (Å²) in [7, 11) is 0. The molecule has 4 unspecified atom stereocenters. The van der Waals surface area contributed by atoms with Gasteiger partial charge in [0.05, 0.1) is 0 Å². The maximum atomic E-state index is 12.2. The van der Waals surface area contributed by atoms with Crippen LogP contribution in [0.25, 0.3) is 0 Å². The molecule has 2 rings (SSSR count). The smallest absolute Gasteiger partial charge is 0.302 e. The van der Waals surface area contributed by atoms with Gasteiger partial charge in [0.15, 0.2) is 5.78 Å². The van der Waals surface area contributed by atoms with Gasteiger partial charge in [-0.25, -0.2) is 0 Å². The minimum atomic E-state index is -0.221. The van der Waals surface area contributed by atoms with Gasteiger partial charge in [0.1, 0.15) is 6.10 Å². The van der Waals surface area contributed by atoms with Crippen molar-refractivity contribution in [2.45, 2.75) is 66.9 Å². The van der Waals surface area contributed by atoms with E-state index in [1.54, 1.807) is 0 Å². The minimum absolute atomic E-state index is 0.0476. The lowest BCUT2D eigenvalue weighted by Crippen LogP contribution is -2.46. The first-order valence-corrected chi connectivity index (χ1v) is 8.33. The largest absolute Gasteiger partial charge is 0.462 e. The van der Waals surface area contributed by atoms with Gasteiger partial charge in [-0.2, -0.15) is 0 Å². The molecule has 0 N–H and O–H groups in total. The molecule has 0 spiro atoms. The second-order valence-corrected chi connectivity index (χ2v) is 6.57. The average Bonchev–Trinajstić information content (AvgIpc) is 2.45. The van der Waals surface area contributed by atoms with Crippen LogP contribution < -0.4 is 0 Å². The van der Waals surface area contributed by atoms with Crippen molar-refractivity contribution in [3.8, 4) is 0 Å². The molecular weight excluding hydrogens is 276 g/mol. The Bertz CT molecular complexity index is 489. The third kappa shape index (κ3) is 3.50. The monoisotopic (exact) mass is 306 g/mol. The number of carbonyl (C=O) groups excluding carboxylic acids is 2. The third-order valence-corrected chi connectivity index (χ3v) is 5.19. The first-order valence-electron chi connectivity index (χ1n) is 8.33. The van der Waals surface area contributed by atoms with Crippen molar-refractivity contribution in [3.05, 3.63) is 23.8 Å². The summed E-state index contributed by atoms with van der Waals surface area (Å²) < 4.78 is 5.47. The molecule has 3 heteroatoms. The van der Waals surface area contributed by atoms with E-state index in [1.807, 2.05) is 26.8 Å². The van der Waals surface area contributed by atoms with E-state index < -0.39 is 0 Å². The summed E-state index contributed by atoms with van der Waals surface area (Å²) in [5.41, 5.74) is 2.07. The van der Waals surface area contributed by atoms with Crippen molar-refractivity contribution in [3.63, 3.8) is 0 Å². The first kappa shape index (κ1) is 18.7. The lowest BCUT2D eigenvalue weighted by atomic mass is 9.57. The lowest BCUT2D eigenvalue weighted by molar-refractivity contribution is -0.153. The highest BCUT2D eigenvalue weighted by molar-refractivity contribution is 5.95. The van der Waals surface area contributed by atoms with E-state index in [1.165, 1.54) is 12.5 Å². The van der Waals surface area contributed by atoms with Gasteiger partial charge in [-0.1, -0.05) is 45.4 Å². The van der Waals surface area contributed by atoms with E-state index in [2.05, 4.69) is 20.4 Å². The number of rotatable bonds is 2. The summed E-state index contributed by atoms with van der Waals surface area (Å²) in [5.74, 6) is 0.0907. The highest BCUT2D eigenvalue weighted by atomic mass is 16.5. The molecule has 22 heavy (non-hydrogen) atoms. The standard InChI is InChI=1S/C17H24O3.C2H6/c1-10(2)14-9-17(5)11(3)16(20-12(4)18)7-6-13(17)8-15(14)19;1-2/h8,11,14,16H,1,6-7,9H2,2-5H3;1-2H3. The van der Waals surface area contributed by atoms with Crippen molar-refractivity contribution < 1.29 is 14.3 Å². The molecule has 3 nitrogen and oxygen atoms in total. The zero-order valence-electron chi connectivity index (χ0n) is 14.9. The van der Waals surface area contributed by atoms with Crippen molar-refractivity contribution in [1.29, 1.82) is 0 Å². The first-order chi connectivity index (χ1) is 10.3. The molecule has 0 aromatic rings. The summed E-state index contributed by atoms with van der Waals surface area (Å²) in [6, 6.07) is 0. The Morgan fingerprint density at radius 3 is 2.45 bits per heavy atom. The van der Waals surface area contributed by atoms with Crippen LogP contribution in [0, 0.1) is 17.3 Å². The molecule has 0 bridgehead atoms. The fourth-order valence-electron chi connectivity index (χ4n) is 3.68. The third-order valence-electron chi connectivity index (χ3n) is 5.19. The van der Waals surface area contributed by atoms with Crippen molar-refractivity contribution in [2.75, 3.05) is 0 Å². The molecule has 0 heterocycles. The number of ketones is 1. The Morgan fingerprint density at radius 1 is 1.36 bits per heavy atom. The number of hydrogen-bond donors (Lipinski definition) is 0. The van der Waals surface area contributed by atoms with E-state index in [0.29, 0.717) is 0 Å². The van der Waals surface area contributed by atoms with E-state index in [9.17, 15) is 9.59 Å². The van der Waals surface area contributed by atoms with Crippen LogP contribution in [0.1, 0.15) is 60.8 Å². The average molecular weight is 306 g/mol. The van der Waals surface area contributed by atoms with Crippen LogP contribution in [0.15, 0.2) is 23.8 Å². The Labute approximate surface area is 134 Å². The molecule has 124 valence electrons. The summed E-state index contributed by atoms with van der Waals surface area (Å²) in [6.45, 7) is 15.7. The number of esters is 1. The molecule has 1 fully saturated rings. The number of carbonyl (C=O) groups is 2. The Morgan fingerprint density at radius 2 is 1.95 bits per heavy atom. The Kier molecular flexibility index (Phi) is 6.16. The lowest BCUT2D eigenvalue weighted by Gasteiger charge is -2.49. The normalized spacial score (nSPS) is 33.8. The topological polar surface area (TPSA) is 43.4 Å². The maximum Gasteiger partial charge on any atom is 0.302 e. The van der Waals surface area contributed by atoms with Gasteiger partial charge in [-0.05, 0) is 37.7 Å². The molecule has 2 aliphatic rings. The van der Waals surface area contributed by atoms with Crippen LogP contribution >= 0.6 is 0 Å². The van der Waals surface area contributed by atoms with Gasteiger partial charge in [-0.15, -0.1) is 0 Å². The summed E-state index contributed by atoms with van der Waals surface area (Å²) in [5, 5.41) is 0. The molecule has 2 aliphatic carbocycles. The van der Waals surface area contributed by atoms with Crippen LogP contribution in [0.2, 0.25) is 0 Å². The summed E-state index contributed by atoms with van der Waals surface area (Å²) in [6.07, 6.45) is 4.21. The molecular formula is C19H30O3. The highest BCUT2D eigenvalue weighted by Gasteiger charge is 2.48. The molecule has 0 aliphatic heterocycles. The van der Waals surface area contributed by atoms with E-state index in [-0.39, 0.29) is 35.1 Å². The van der Waals surface area contributed by atoms with Gasteiger partial charge < -0.3 is 4.74 Å². The van der Waals surface area contributed by atoms with Gasteiger partial charge in [0.2, 0.25) is 0 Å². The van der Waals surface area contributed by atoms with Crippen LogP contribution in [0.3, 0.4) is 0 Å². The molecule has 4 atom stereocenters. The SMILES string of the molecule is C=C(C)C1CC2(C)C(=CC1=O)CCC(OC(C)=O)C2C.CC. The molecule has 0 aromatic heterocycles. The molecule has 0 aromatic carbocycles. The summed E-state index contributed by atoms with van der Waals surface area (Å²) >= 11 is 0. The van der Waals surface area contributed by atoms with Crippen LogP contribution in [-0.2, 0) is 14.3 Å². The van der Waals surface area contributed by atoms with Crippen molar-refractivity contribution >= 4 is 11.8 Å².